The van der Waals surface area contributed by atoms with Crippen molar-refractivity contribution in [1.29, 1.82) is 0 Å². The molecule has 0 radical (unpaired) electrons. The number of carboxylic acid groups (broad SMARTS) is 1. The zero-order valence-corrected chi connectivity index (χ0v) is 23.5. The Bertz CT molecular complexity index is 1430. The van der Waals surface area contributed by atoms with Crippen LogP contribution in [0.15, 0.2) is 53.4 Å². The molecule has 1 atom stereocenters. The first-order valence-electron chi connectivity index (χ1n) is 10.7. The van der Waals surface area contributed by atoms with Crippen LogP contribution < -0.4 is 16.0 Å². The second kappa shape index (κ2) is 12.7. The molecule has 0 aliphatic carbocycles. The van der Waals surface area contributed by atoms with Gasteiger partial charge in [0.1, 0.15) is 0 Å². The smallest absolute Gasteiger partial charge is 0.338 e. The number of carboxylic acids is 1. The van der Waals surface area contributed by atoms with Crippen molar-refractivity contribution in [1.82, 2.24) is 0 Å². The summed E-state index contributed by atoms with van der Waals surface area (Å²) < 4.78 is 0. The molecule has 8 nitrogen and oxygen atoms in total. The molecule has 0 aromatic heterocycles. The largest absolute Gasteiger partial charge is 0.478 e. The molecule has 3 rings (SSSR count). The molecule has 0 saturated carbocycles. The number of anilines is 3. The quantitative estimate of drug-likeness (QED) is 0.120. The van der Waals surface area contributed by atoms with Gasteiger partial charge in [0.25, 0.3) is 5.91 Å². The number of hydrogen-bond donors (Lipinski definition) is 4. The lowest BCUT2D eigenvalue weighted by atomic mass is 10.1. The van der Waals surface area contributed by atoms with Crippen molar-refractivity contribution in [3.8, 4) is 0 Å². The molecular weight excluding hydrogens is 596 g/mol. The summed E-state index contributed by atoms with van der Waals surface area (Å²) in [6, 6.07) is 13.3. The van der Waals surface area contributed by atoms with Gasteiger partial charge in [-0.3, -0.25) is 14.4 Å². The van der Waals surface area contributed by atoms with Crippen LogP contribution in [0.25, 0.3) is 0 Å². The van der Waals surface area contributed by atoms with E-state index in [0.29, 0.717) is 22.0 Å². The lowest BCUT2D eigenvalue weighted by Gasteiger charge is -2.15. The van der Waals surface area contributed by atoms with Gasteiger partial charge in [0.15, 0.2) is 0 Å². The molecule has 3 aromatic rings. The van der Waals surface area contributed by atoms with E-state index in [9.17, 15) is 24.3 Å². The van der Waals surface area contributed by atoms with Gasteiger partial charge in [-0.15, -0.1) is 11.8 Å². The van der Waals surface area contributed by atoms with E-state index in [-0.39, 0.29) is 26.9 Å². The first-order valence-corrected chi connectivity index (χ1v) is 13.1. The number of hydrogen-bond acceptors (Lipinski definition) is 5. The van der Waals surface area contributed by atoms with Crippen LogP contribution >= 0.6 is 58.2 Å². The van der Waals surface area contributed by atoms with Crippen LogP contribution in [0.4, 0.5) is 17.1 Å². The summed E-state index contributed by atoms with van der Waals surface area (Å²) in [6.07, 6.45) is 0. The van der Waals surface area contributed by atoms with E-state index in [4.69, 9.17) is 46.4 Å². The van der Waals surface area contributed by atoms with Crippen LogP contribution in [0.3, 0.4) is 0 Å². The fourth-order valence-corrected chi connectivity index (χ4v) is 5.17. The summed E-state index contributed by atoms with van der Waals surface area (Å²) in [6.45, 7) is 3.12. The number of halogens is 4. The maximum Gasteiger partial charge on any atom is 0.338 e. The van der Waals surface area contributed by atoms with Crippen LogP contribution in [0.1, 0.15) is 34.6 Å². The SMILES string of the molecule is CC(=O)Nc1ccc(NC(=O)C(C)Sc2cccc(NC(=O)c3c(Cl)c(Cl)c(Cl)c(Cl)c3C(=O)O)c2)cc1. The zero-order chi connectivity index (χ0) is 28.1. The summed E-state index contributed by atoms with van der Waals surface area (Å²) in [5, 5.41) is 15.8. The van der Waals surface area contributed by atoms with Crippen molar-refractivity contribution in [3.63, 3.8) is 0 Å². The number of carbonyl (C=O) groups is 4. The fourth-order valence-electron chi connectivity index (χ4n) is 3.23. The van der Waals surface area contributed by atoms with Crippen molar-refractivity contribution >= 4 is 98.9 Å². The van der Waals surface area contributed by atoms with Crippen molar-refractivity contribution in [2.75, 3.05) is 16.0 Å². The molecule has 0 aliphatic heterocycles. The maximum absolute atomic E-state index is 13.0. The van der Waals surface area contributed by atoms with E-state index in [2.05, 4.69) is 16.0 Å². The minimum Gasteiger partial charge on any atom is -0.478 e. The maximum atomic E-state index is 13.0. The Balaban J connectivity index is 1.72. The van der Waals surface area contributed by atoms with Gasteiger partial charge in [0, 0.05) is 28.9 Å². The molecule has 38 heavy (non-hydrogen) atoms. The first-order chi connectivity index (χ1) is 17.9. The Morgan fingerprint density at radius 3 is 1.87 bits per heavy atom. The Kier molecular flexibility index (Phi) is 9.92. The highest BCUT2D eigenvalue weighted by atomic mass is 35.5. The van der Waals surface area contributed by atoms with E-state index in [0.717, 1.165) is 0 Å². The normalized spacial score (nSPS) is 11.4. The van der Waals surface area contributed by atoms with E-state index in [1.54, 1.807) is 55.5 Å². The molecule has 0 aliphatic rings. The molecule has 0 saturated heterocycles. The highest BCUT2D eigenvalue weighted by molar-refractivity contribution is 8.00. The summed E-state index contributed by atoms with van der Waals surface area (Å²) >= 11 is 25.4. The number of benzene rings is 3. The third-order valence-corrected chi connectivity index (χ3v) is 7.85. The Morgan fingerprint density at radius 2 is 1.32 bits per heavy atom. The van der Waals surface area contributed by atoms with Gasteiger partial charge in [0.2, 0.25) is 11.8 Å². The average Bonchev–Trinajstić information content (AvgIpc) is 2.85. The van der Waals surface area contributed by atoms with Crippen molar-refractivity contribution in [2.24, 2.45) is 0 Å². The van der Waals surface area contributed by atoms with E-state index in [1.807, 2.05) is 0 Å². The lowest BCUT2D eigenvalue weighted by molar-refractivity contribution is -0.115. The highest BCUT2D eigenvalue weighted by Crippen LogP contribution is 2.42. The second-order valence-electron chi connectivity index (χ2n) is 7.80. The summed E-state index contributed by atoms with van der Waals surface area (Å²) in [4.78, 5) is 49.2. The van der Waals surface area contributed by atoms with Gasteiger partial charge in [-0.05, 0) is 49.4 Å². The van der Waals surface area contributed by atoms with Gasteiger partial charge in [-0.2, -0.15) is 0 Å². The predicted molar refractivity (Wildman–Crippen MR) is 153 cm³/mol. The molecular formula is C25H19Cl4N3O5S. The Labute approximate surface area is 242 Å². The zero-order valence-electron chi connectivity index (χ0n) is 19.7. The Morgan fingerprint density at radius 1 is 0.763 bits per heavy atom. The number of carbonyl (C=O) groups excluding carboxylic acids is 3. The van der Waals surface area contributed by atoms with E-state index >= 15 is 0 Å². The first kappa shape index (κ1) is 29.6. The summed E-state index contributed by atoms with van der Waals surface area (Å²) in [7, 11) is 0. The fraction of sp³-hybridized carbons (Fsp3) is 0.120. The molecule has 3 amide bonds. The number of amides is 3. The summed E-state index contributed by atoms with van der Waals surface area (Å²) in [5.41, 5.74) is 0.467. The second-order valence-corrected chi connectivity index (χ2v) is 10.7. The van der Waals surface area contributed by atoms with Gasteiger partial charge < -0.3 is 21.1 Å². The van der Waals surface area contributed by atoms with Crippen molar-refractivity contribution < 1.29 is 24.3 Å². The minimum atomic E-state index is -1.51. The van der Waals surface area contributed by atoms with E-state index < -0.39 is 33.3 Å². The molecule has 0 fully saturated rings. The van der Waals surface area contributed by atoms with Crippen molar-refractivity contribution in [2.45, 2.75) is 24.0 Å². The van der Waals surface area contributed by atoms with Gasteiger partial charge in [0.05, 0.1) is 36.5 Å². The number of rotatable bonds is 8. The molecule has 198 valence electrons. The van der Waals surface area contributed by atoms with E-state index in [1.165, 1.54) is 18.7 Å². The molecule has 13 heteroatoms. The molecule has 4 N–H and O–H groups in total. The molecule has 0 spiro atoms. The predicted octanol–water partition coefficient (Wildman–Crippen LogP) is 7.33. The summed E-state index contributed by atoms with van der Waals surface area (Å²) in [5.74, 6) is -2.82. The number of aromatic carboxylic acids is 1. The van der Waals surface area contributed by atoms with Crippen LogP contribution in [0.5, 0.6) is 0 Å². The number of thioether (sulfide) groups is 1. The van der Waals surface area contributed by atoms with Crippen LogP contribution in [-0.4, -0.2) is 34.0 Å². The molecule has 0 bridgehead atoms. The Hall–Kier alpha value is -2.95. The van der Waals surface area contributed by atoms with Crippen LogP contribution in [0.2, 0.25) is 20.1 Å². The molecule has 1 unspecified atom stereocenters. The topological polar surface area (TPSA) is 125 Å². The molecule has 0 heterocycles. The third-order valence-electron chi connectivity index (χ3n) is 4.95. The van der Waals surface area contributed by atoms with Gasteiger partial charge in [-0.1, -0.05) is 52.5 Å². The molecule has 3 aromatic carbocycles. The average molecular weight is 615 g/mol. The van der Waals surface area contributed by atoms with Crippen molar-refractivity contribution in [3.05, 3.63) is 79.7 Å². The monoisotopic (exact) mass is 613 g/mol. The van der Waals surface area contributed by atoms with Crippen LogP contribution in [0, 0.1) is 0 Å². The lowest BCUT2D eigenvalue weighted by Crippen LogP contribution is -2.22. The minimum absolute atomic E-state index is 0.198. The van der Waals surface area contributed by atoms with Gasteiger partial charge >= 0.3 is 5.97 Å². The van der Waals surface area contributed by atoms with Gasteiger partial charge in [-0.25, -0.2) is 4.79 Å². The third kappa shape index (κ3) is 7.12. The number of nitrogens with one attached hydrogen (secondary N) is 3. The van der Waals surface area contributed by atoms with Crippen LogP contribution in [-0.2, 0) is 9.59 Å². The standard InChI is InChI=1S/C25H19Cl4N3O5S/c1-11(23(34)31-14-8-6-13(7-9-14)30-12(2)33)38-16-5-3-4-15(10-16)32-24(35)17-18(25(36)37)20(27)22(29)21(28)19(17)26/h3-11H,1-2H3,(H,30,33)(H,31,34)(H,32,35)(H,36,37). The highest BCUT2D eigenvalue weighted by Gasteiger charge is 2.29.